The molecule has 0 unspecified atom stereocenters. The molecule has 0 spiro atoms. The number of carbonyl (C=O) groups excluding carboxylic acids is 2. The number of carbonyl (C=O) groups is 2. The Kier molecular flexibility index (Phi) is 6.05. The summed E-state index contributed by atoms with van der Waals surface area (Å²) in [6.07, 6.45) is -0.0322. The first-order chi connectivity index (χ1) is 14.2. The van der Waals surface area contributed by atoms with E-state index in [4.69, 9.17) is 4.74 Å². The van der Waals surface area contributed by atoms with Gasteiger partial charge in [-0.25, -0.2) is 4.79 Å². The molecule has 2 heterocycles. The molecule has 1 aromatic carbocycles. The van der Waals surface area contributed by atoms with Crippen molar-refractivity contribution in [2.45, 2.75) is 26.6 Å². The number of esters is 1. The van der Waals surface area contributed by atoms with Crippen LogP contribution in [0.4, 0.5) is 13.2 Å². The molecule has 30 heavy (non-hydrogen) atoms. The maximum Gasteiger partial charge on any atom is 0.406 e. The highest BCUT2D eigenvalue weighted by Crippen LogP contribution is 2.23. The largest absolute Gasteiger partial charge is 0.454 e. The average Bonchev–Trinajstić information content (AvgIpc) is 2.97. The van der Waals surface area contributed by atoms with Gasteiger partial charge in [-0.05, 0) is 32.1 Å². The number of benzene rings is 1. The van der Waals surface area contributed by atoms with Crippen LogP contribution in [0.1, 0.15) is 27.3 Å². The number of hydrogen-bond donors (Lipinski definition) is 0. The van der Waals surface area contributed by atoms with E-state index in [1.54, 1.807) is 18.3 Å². The number of ketones is 1. The number of fused-ring (bicyclic) bond motifs is 1. The fourth-order valence-electron chi connectivity index (χ4n) is 3.19. The van der Waals surface area contributed by atoms with E-state index in [9.17, 15) is 22.8 Å². The van der Waals surface area contributed by atoms with Gasteiger partial charge in [-0.1, -0.05) is 24.3 Å². The molecule has 8 heteroatoms. The Morgan fingerprint density at radius 2 is 1.90 bits per heavy atom. The van der Waals surface area contributed by atoms with Crippen LogP contribution in [0.3, 0.4) is 0 Å². The molecule has 0 aliphatic heterocycles. The van der Waals surface area contributed by atoms with E-state index in [0.29, 0.717) is 11.3 Å². The van der Waals surface area contributed by atoms with Gasteiger partial charge in [-0.2, -0.15) is 13.2 Å². The van der Waals surface area contributed by atoms with Crippen LogP contribution in [0.15, 0.2) is 48.7 Å². The van der Waals surface area contributed by atoms with Gasteiger partial charge < -0.3 is 9.30 Å². The summed E-state index contributed by atoms with van der Waals surface area (Å²) < 4.78 is 44.1. The van der Waals surface area contributed by atoms with E-state index in [0.717, 1.165) is 15.5 Å². The monoisotopic (exact) mass is 416 g/mol. The predicted octanol–water partition coefficient (Wildman–Crippen LogP) is 4.65. The van der Waals surface area contributed by atoms with Crippen LogP contribution in [0, 0.1) is 13.8 Å². The zero-order chi connectivity index (χ0) is 21.9. The first-order valence-corrected chi connectivity index (χ1v) is 9.11. The summed E-state index contributed by atoms with van der Waals surface area (Å²) >= 11 is 0. The highest BCUT2D eigenvalue weighted by atomic mass is 19.4. The fraction of sp³-hybridized carbons (Fsp3) is 0.227. The second-order valence-electron chi connectivity index (χ2n) is 6.77. The first-order valence-electron chi connectivity index (χ1n) is 9.11. The van der Waals surface area contributed by atoms with Crippen LogP contribution in [0.2, 0.25) is 0 Å². The lowest BCUT2D eigenvalue weighted by molar-refractivity contribution is -0.141. The number of hydrogen-bond acceptors (Lipinski definition) is 4. The topological polar surface area (TPSA) is 61.2 Å². The van der Waals surface area contributed by atoms with Gasteiger partial charge in [0.05, 0.1) is 5.52 Å². The lowest BCUT2D eigenvalue weighted by atomic mass is 10.1. The molecule has 0 N–H and O–H groups in total. The highest BCUT2D eigenvalue weighted by molar-refractivity contribution is 6.00. The minimum atomic E-state index is -4.40. The van der Waals surface area contributed by atoms with Crippen molar-refractivity contribution in [1.82, 2.24) is 9.55 Å². The minimum absolute atomic E-state index is 0.104. The quantitative estimate of drug-likeness (QED) is 0.333. The molecule has 5 nitrogen and oxygen atoms in total. The van der Waals surface area contributed by atoms with Gasteiger partial charge >= 0.3 is 12.1 Å². The van der Waals surface area contributed by atoms with Crippen molar-refractivity contribution in [1.29, 1.82) is 0 Å². The number of ether oxygens (including phenoxy) is 1. The number of aromatic nitrogens is 2. The Morgan fingerprint density at radius 3 is 2.63 bits per heavy atom. The Hall–Kier alpha value is -3.42. The van der Waals surface area contributed by atoms with E-state index in [-0.39, 0.29) is 11.3 Å². The molecule has 0 amide bonds. The molecule has 0 bridgehead atoms. The molecule has 0 saturated heterocycles. The summed E-state index contributed by atoms with van der Waals surface area (Å²) in [5, 5.41) is 0.914. The Bertz CT molecular complexity index is 1130. The Morgan fingerprint density at radius 1 is 1.17 bits per heavy atom. The SMILES string of the molecule is Cc1cc(C(=O)COC(=O)C=Cc2cccc3cccnc23)c(C)n1CC(F)(F)F. The minimum Gasteiger partial charge on any atom is -0.454 e. The molecule has 2 aromatic heterocycles. The smallest absolute Gasteiger partial charge is 0.406 e. The van der Waals surface area contributed by atoms with Crippen molar-refractivity contribution in [3.05, 3.63) is 71.2 Å². The van der Waals surface area contributed by atoms with Gasteiger partial charge in [0, 0.05) is 40.2 Å². The first kappa shape index (κ1) is 21.3. The molecule has 3 rings (SSSR count). The van der Waals surface area contributed by atoms with Crippen molar-refractivity contribution in [2.75, 3.05) is 6.61 Å². The second-order valence-corrected chi connectivity index (χ2v) is 6.77. The molecule has 0 saturated carbocycles. The van der Waals surface area contributed by atoms with Crippen molar-refractivity contribution in [2.24, 2.45) is 0 Å². The van der Waals surface area contributed by atoms with Gasteiger partial charge in [0.1, 0.15) is 6.54 Å². The molecule has 3 aromatic rings. The molecule has 0 atom stereocenters. The fourth-order valence-corrected chi connectivity index (χ4v) is 3.19. The van der Waals surface area contributed by atoms with E-state index in [2.05, 4.69) is 4.98 Å². The summed E-state index contributed by atoms with van der Waals surface area (Å²) in [5.74, 6) is -1.30. The number of Topliss-reactive ketones (excluding diaryl/α,β-unsaturated/α-hetero) is 1. The van der Waals surface area contributed by atoms with E-state index < -0.39 is 31.1 Å². The molecule has 156 valence electrons. The zero-order valence-corrected chi connectivity index (χ0v) is 16.4. The van der Waals surface area contributed by atoms with Gasteiger partial charge in [0.2, 0.25) is 5.78 Å². The third-order valence-corrected chi connectivity index (χ3v) is 4.62. The van der Waals surface area contributed by atoms with Crippen LogP contribution in [-0.2, 0) is 16.1 Å². The maximum absolute atomic E-state index is 12.7. The third-order valence-electron chi connectivity index (χ3n) is 4.62. The Labute approximate surface area is 170 Å². The van der Waals surface area contributed by atoms with Gasteiger partial charge in [-0.15, -0.1) is 0 Å². The standard InChI is InChI=1S/C22H19F3N2O3/c1-14-11-18(15(2)27(14)13-22(23,24)25)19(28)12-30-20(29)9-8-17-6-3-5-16-7-4-10-26-21(16)17/h3-11H,12-13H2,1-2H3. The average molecular weight is 416 g/mol. The summed E-state index contributed by atoms with van der Waals surface area (Å²) in [7, 11) is 0. The number of nitrogens with zero attached hydrogens (tertiary/aromatic N) is 2. The molecule has 0 radical (unpaired) electrons. The van der Waals surface area contributed by atoms with Crippen LogP contribution in [0.25, 0.3) is 17.0 Å². The van der Waals surface area contributed by atoms with Crippen molar-refractivity contribution in [3.8, 4) is 0 Å². The normalized spacial score (nSPS) is 11.9. The van der Waals surface area contributed by atoms with Crippen molar-refractivity contribution < 1.29 is 27.5 Å². The molecule has 0 fully saturated rings. The summed E-state index contributed by atoms with van der Waals surface area (Å²) in [5.41, 5.74) is 2.03. The van der Waals surface area contributed by atoms with E-state index >= 15 is 0 Å². The molecular weight excluding hydrogens is 397 g/mol. The van der Waals surface area contributed by atoms with Crippen LogP contribution >= 0.6 is 0 Å². The zero-order valence-electron chi connectivity index (χ0n) is 16.4. The van der Waals surface area contributed by atoms with E-state index in [1.807, 2.05) is 18.2 Å². The van der Waals surface area contributed by atoms with Crippen LogP contribution in [0.5, 0.6) is 0 Å². The molecule has 0 aliphatic carbocycles. The maximum atomic E-state index is 12.7. The second kappa shape index (κ2) is 8.52. The van der Waals surface area contributed by atoms with Crippen molar-refractivity contribution in [3.63, 3.8) is 0 Å². The van der Waals surface area contributed by atoms with Crippen molar-refractivity contribution >= 4 is 28.7 Å². The molecular formula is C22H19F3N2O3. The van der Waals surface area contributed by atoms with E-state index in [1.165, 1.54) is 32.1 Å². The lowest BCUT2D eigenvalue weighted by Gasteiger charge is -2.12. The number of halogens is 3. The van der Waals surface area contributed by atoms with Gasteiger partial charge in [0.25, 0.3) is 0 Å². The number of pyridine rings is 1. The van der Waals surface area contributed by atoms with Crippen LogP contribution < -0.4 is 0 Å². The number of alkyl halides is 3. The molecule has 0 aliphatic rings. The predicted molar refractivity (Wildman–Crippen MR) is 106 cm³/mol. The number of para-hydroxylation sites is 1. The van der Waals surface area contributed by atoms with Gasteiger partial charge in [0.15, 0.2) is 6.61 Å². The summed E-state index contributed by atoms with van der Waals surface area (Å²) in [4.78, 5) is 28.6. The Balaban J connectivity index is 1.66. The summed E-state index contributed by atoms with van der Waals surface area (Å²) in [6, 6.07) is 10.6. The lowest BCUT2D eigenvalue weighted by Crippen LogP contribution is -2.20. The highest BCUT2D eigenvalue weighted by Gasteiger charge is 2.30. The van der Waals surface area contributed by atoms with Crippen LogP contribution in [-0.4, -0.2) is 34.1 Å². The number of aryl methyl sites for hydroxylation is 1. The third kappa shape index (κ3) is 4.94. The number of rotatable bonds is 6. The summed E-state index contributed by atoms with van der Waals surface area (Å²) in [6.45, 7) is 1.18. The van der Waals surface area contributed by atoms with Gasteiger partial charge in [-0.3, -0.25) is 9.78 Å².